The summed E-state index contributed by atoms with van der Waals surface area (Å²) >= 11 is 0. The molecule has 1 aliphatic heterocycles. The lowest BCUT2D eigenvalue weighted by atomic mass is 9.94. The number of anilines is 1. The lowest BCUT2D eigenvalue weighted by Crippen LogP contribution is -2.41. The van der Waals surface area contributed by atoms with E-state index in [-0.39, 0.29) is 11.8 Å². The number of nitrogens with one attached hydrogen (secondary N) is 1. The molecule has 6 rings (SSSR count). The Kier molecular flexibility index (Phi) is 5.91. The maximum atomic E-state index is 13.1. The van der Waals surface area contributed by atoms with E-state index in [1.807, 2.05) is 84.9 Å². The van der Waals surface area contributed by atoms with Crippen molar-refractivity contribution in [3.8, 4) is 0 Å². The number of amides is 2. The summed E-state index contributed by atoms with van der Waals surface area (Å²) in [6.45, 7) is 0.953. The van der Waals surface area contributed by atoms with Crippen molar-refractivity contribution in [1.82, 2.24) is 4.90 Å². The largest absolute Gasteiger partial charge is 0.384 e. The van der Waals surface area contributed by atoms with E-state index in [4.69, 9.17) is 0 Å². The van der Waals surface area contributed by atoms with Crippen LogP contribution in [0.2, 0.25) is 0 Å². The molecule has 0 aliphatic carbocycles. The molecule has 0 unspecified atom stereocenters. The summed E-state index contributed by atoms with van der Waals surface area (Å²) in [5.41, 5.74) is 3.75. The van der Waals surface area contributed by atoms with Gasteiger partial charge in [0.05, 0.1) is 11.4 Å². The number of azo groups is 1. The zero-order valence-corrected chi connectivity index (χ0v) is 20.1. The summed E-state index contributed by atoms with van der Waals surface area (Å²) in [5.74, 6) is -0.458. The van der Waals surface area contributed by atoms with Crippen LogP contribution < -0.4 is 5.32 Å². The van der Waals surface area contributed by atoms with Crippen molar-refractivity contribution in [2.45, 2.75) is 6.42 Å². The van der Waals surface area contributed by atoms with Gasteiger partial charge in [-0.1, -0.05) is 66.7 Å². The van der Waals surface area contributed by atoms with Crippen LogP contribution in [0, 0.1) is 0 Å². The fourth-order valence-corrected chi connectivity index (χ4v) is 4.87. The Bertz CT molecular complexity index is 1630. The van der Waals surface area contributed by atoms with Crippen molar-refractivity contribution in [3.05, 3.63) is 114 Å². The monoisotopic (exact) mass is 484 g/mol. The number of hydrogen-bond donors (Lipinski definition) is 1. The van der Waals surface area contributed by atoms with Gasteiger partial charge in [0.25, 0.3) is 11.8 Å². The van der Waals surface area contributed by atoms with Gasteiger partial charge in [-0.2, -0.15) is 5.11 Å². The van der Waals surface area contributed by atoms with E-state index in [1.165, 1.54) is 4.90 Å². The molecule has 0 fully saturated rings. The zero-order chi connectivity index (χ0) is 25.2. The quantitative estimate of drug-likeness (QED) is 0.148. The van der Waals surface area contributed by atoms with Crippen LogP contribution in [0.4, 0.5) is 17.1 Å². The fourth-order valence-electron chi connectivity index (χ4n) is 4.87. The molecule has 0 bridgehead atoms. The molecule has 0 saturated heterocycles. The van der Waals surface area contributed by atoms with Crippen LogP contribution in [-0.2, 0) is 0 Å². The maximum Gasteiger partial charge on any atom is 0.261 e. The molecule has 180 valence electrons. The first kappa shape index (κ1) is 22.6. The lowest BCUT2D eigenvalue weighted by Gasteiger charge is -2.27. The second-order valence-electron chi connectivity index (χ2n) is 8.96. The molecule has 0 aromatic heterocycles. The van der Waals surface area contributed by atoms with E-state index in [0.717, 1.165) is 38.6 Å². The molecule has 6 nitrogen and oxygen atoms in total. The first-order valence-electron chi connectivity index (χ1n) is 12.3. The number of carbonyl (C=O) groups is 2. The molecule has 0 atom stereocenters. The average Bonchev–Trinajstić information content (AvgIpc) is 2.95. The Balaban J connectivity index is 1.16. The van der Waals surface area contributed by atoms with Gasteiger partial charge in [-0.15, -0.1) is 5.11 Å². The average molecular weight is 485 g/mol. The van der Waals surface area contributed by atoms with E-state index in [0.29, 0.717) is 30.6 Å². The number of rotatable bonds is 7. The van der Waals surface area contributed by atoms with Gasteiger partial charge in [0.2, 0.25) is 0 Å². The van der Waals surface area contributed by atoms with Crippen molar-refractivity contribution < 1.29 is 9.59 Å². The van der Waals surface area contributed by atoms with Gasteiger partial charge in [0.1, 0.15) is 0 Å². The predicted octanol–water partition coefficient (Wildman–Crippen LogP) is 7.51. The smallest absolute Gasteiger partial charge is 0.261 e. The third kappa shape index (κ3) is 4.23. The first-order chi connectivity index (χ1) is 18.2. The van der Waals surface area contributed by atoms with E-state index < -0.39 is 0 Å². The topological polar surface area (TPSA) is 74.1 Å². The summed E-state index contributed by atoms with van der Waals surface area (Å²) < 4.78 is 0. The fraction of sp³-hybridized carbons (Fsp3) is 0.0968. The number of fused-ring (bicyclic) bond motifs is 1. The van der Waals surface area contributed by atoms with Crippen LogP contribution in [0.15, 0.2) is 113 Å². The molecule has 5 aromatic rings. The van der Waals surface area contributed by atoms with Gasteiger partial charge in [-0.05, 0) is 48.2 Å². The standard InChI is InChI=1S/C31H24N4O2/c36-30-25-15-6-9-21-10-7-16-26(29(21)25)31(37)35(30)20-8-19-32-27-17-18-28(24-14-5-4-13-23(24)27)34-33-22-11-2-1-3-12-22/h1-7,9-18,32H,8,19-20H2. The number of imide groups is 1. The van der Waals surface area contributed by atoms with Crippen molar-refractivity contribution in [2.75, 3.05) is 18.4 Å². The van der Waals surface area contributed by atoms with Crippen molar-refractivity contribution in [1.29, 1.82) is 0 Å². The molecule has 37 heavy (non-hydrogen) atoms. The summed E-state index contributed by atoms with van der Waals surface area (Å²) in [5, 5.41) is 16.0. The number of nitrogens with zero attached hydrogens (tertiary/aromatic N) is 3. The summed E-state index contributed by atoms with van der Waals surface area (Å²) in [7, 11) is 0. The molecule has 1 aliphatic rings. The van der Waals surface area contributed by atoms with Crippen LogP contribution in [-0.4, -0.2) is 29.8 Å². The predicted molar refractivity (Wildman–Crippen MR) is 147 cm³/mol. The molecule has 5 aromatic carbocycles. The summed E-state index contributed by atoms with van der Waals surface area (Å²) in [6.07, 6.45) is 0.624. The van der Waals surface area contributed by atoms with Crippen LogP contribution in [0.25, 0.3) is 21.5 Å². The highest BCUT2D eigenvalue weighted by Gasteiger charge is 2.32. The van der Waals surface area contributed by atoms with Gasteiger partial charge in [-0.25, -0.2) is 0 Å². The minimum atomic E-state index is -0.229. The van der Waals surface area contributed by atoms with Crippen molar-refractivity contribution >= 4 is 50.4 Å². The molecular weight excluding hydrogens is 460 g/mol. The van der Waals surface area contributed by atoms with Crippen molar-refractivity contribution in [3.63, 3.8) is 0 Å². The lowest BCUT2D eigenvalue weighted by molar-refractivity contribution is 0.0610. The maximum absolute atomic E-state index is 13.1. The normalized spacial score (nSPS) is 13.1. The third-order valence-electron chi connectivity index (χ3n) is 6.66. The van der Waals surface area contributed by atoms with E-state index in [2.05, 4.69) is 21.6 Å². The van der Waals surface area contributed by atoms with Gasteiger partial charge in [0, 0.05) is 46.1 Å². The van der Waals surface area contributed by atoms with Crippen molar-refractivity contribution in [2.24, 2.45) is 10.2 Å². The second kappa shape index (κ2) is 9.66. The van der Waals surface area contributed by atoms with Crippen LogP contribution in [0.1, 0.15) is 27.1 Å². The van der Waals surface area contributed by atoms with Gasteiger partial charge < -0.3 is 5.32 Å². The third-order valence-corrected chi connectivity index (χ3v) is 6.66. The number of hydrogen-bond acceptors (Lipinski definition) is 5. The molecule has 0 saturated carbocycles. The molecule has 1 heterocycles. The highest BCUT2D eigenvalue weighted by molar-refractivity contribution is 6.25. The van der Waals surface area contributed by atoms with Crippen LogP contribution in [0.5, 0.6) is 0 Å². The Morgan fingerprint density at radius 2 is 1.32 bits per heavy atom. The van der Waals surface area contributed by atoms with Gasteiger partial charge in [-0.3, -0.25) is 14.5 Å². The minimum absolute atomic E-state index is 0.229. The molecule has 0 spiro atoms. The summed E-state index contributed by atoms with van der Waals surface area (Å²) in [6, 6.07) is 32.8. The molecule has 1 N–H and O–H groups in total. The van der Waals surface area contributed by atoms with E-state index in [9.17, 15) is 9.59 Å². The van der Waals surface area contributed by atoms with E-state index >= 15 is 0 Å². The van der Waals surface area contributed by atoms with E-state index in [1.54, 1.807) is 12.1 Å². The first-order valence-corrected chi connectivity index (χ1v) is 12.3. The van der Waals surface area contributed by atoms with Crippen LogP contribution >= 0.6 is 0 Å². The number of benzene rings is 5. The van der Waals surface area contributed by atoms with Gasteiger partial charge >= 0.3 is 0 Å². The Labute approximate surface area is 214 Å². The Morgan fingerprint density at radius 3 is 2.05 bits per heavy atom. The molecule has 0 radical (unpaired) electrons. The summed E-state index contributed by atoms with van der Waals surface area (Å²) in [4.78, 5) is 27.6. The Morgan fingerprint density at radius 1 is 0.649 bits per heavy atom. The highest BCUT2D eigenvalue weighted by Crippen LogP contribution is 2.33. The molecular formula is C31H24N4O2. The SMILES string of the molecule is O=C1c2cccc3cccc(c23)C(=O)N1CCCNc1ccc(N=Nc2ccccc2)c2ccccc12. The van der Waals surface area contributed by atoms with Gasteiger partial charge in [0.15, 0.2) is 0 Å². The minimum Gasteiger partial charge on any atom is -0.384 e. The molecule has 6 heteroatoms. The molecule has 2 amide bonds. The second-order valence-corrected chi connectivity index (χ2v) is 8.96. The highest BCUT2D eigenvalue weighted by atomic mass is 16.2. The zero-order valence-electron chi connectivity index (χ0n) is 20.1. The Hall–Kier alpha value is -4.84. The number of carbonyl (C=O) groups excluding carboxylic acids is 2. The van der Waals surface area contributed by atoms with Crippen LogP contribution in [0.3, 0.4) is 0 Å².